The predicted molar refractivity (Wildman–Crippen MR) is 112 cm³/mol. The molecule has 2 aromatic heterocycles. The van der Waals surface area contributed by atoms with E-state index in [4.69, 9.17) is 0 Å². The van der Waals surface area contributed by atoms with Gasteiger partial charge in [0.25, 0.3) is 11.5 Å². The average molecular weight is 389 g/mol. The molecule has 0 spiro atoms. The standard InChI is InChI=1S/C22H23N5O2/c1-3-11-22(4-2)26-20(28)19-16(15-8-6-5-7-9-15)13-17(21(29)27(19)22)25-18-10-12-23-14-24-18/h5-10,12-14H,3-4,11H2,1-2H3,(H,26,28)(H,23,24,25). The quantitative estimate of drug-likeness (QED) is 0.672. The maximum atomic E-state index is 13.5. The van der Waals surface area contributed by atoms with Gasteiger partial charge in [-0.25, -0.2) is 9.97 Å². The minimum absolute atomic E-state index is 0.218. The van der Waals surface area contributed by atoms with E-state index in [-0.39, 0.29) is 11.5 Å². The lowest BCUT2D eigenvalue weighted by Crippen LogP contribution is -2.47. The number of hydrogen-bond donors (Lipinski definition) is 2. The van der Waals surface area contributed by atoms with E-state index in [0.717, 1.165) is 12.0 Å². The zero-order valence-electron chi connectivity index (χ0n) is 16.5. The Morgan fingerprint density at radius 3 is 2.59 bits per heavy atom. The highest BCUT2D eigenvalue weighted by atomic mass is 16.2. The fourth-order valence-electron chi connectivity index (χ4n) is 4.02. The number of pyridine rings is 1. The number of benzene rings is 1. The predicted octanol–water partition coefficient (Wildman–Crippen LogP) is 3.66. The zero-order chi connectivity index (χ0) is 20.4. The lowest BCUT2D eigenvalue weighted by molar-refractivity contribution is 0.0906. The van der Waals surface area contributed by atoms with Crippen molar-refractivity contribution in [1.29, 1.82) is 0 Å². The topological polar surface area (TPSA) is 88.9 Å². The fraction of sp³-hybridized carbons (Fsp3) is 0.273. The molecular formula is C22H23N5O2. The van der Waals surface area contributed by atoms with Crippen molar-refractivity contribution in [3.8, 4) is 11.1 Å². The van der Waals surface area contributed by atoms with E-state index in [1.165, 1.54) is 6.33 Å². The Morgan fingerprint density at radius 2 is 1.93 bits per heavy atom. The number of carbonyl (C=O) groups excluding carboxylic acids is 1. The van der Waals surface area contributed by atoms with Crippen LogP contribution in [0.3, 0.4) is 0 Å². The molecule has 29 heavy (non-hydrogen) atoms. The SMILES string of the molecule is CCCC1(CC)NC(=O)c2c(-c3ccccc3)cc(Nc3ccncn3)c(=O)n21. The van der Waals surface area contributed by atoms with Crippen LogP contribution >= 0.6 is 0 Å². The van der Waals surface area contributed by atoms with E-state index in [1.54, 1.807) is 22.9 Å². The van der Waals surface area contributed by atoms with Crippen molar-refractivity contribution in [2.75, 3.05) is 5.32 Å². The van der Waals surface area contributed by atoms with Crippen LogP contribution < -0.4 is 16.2 Å². The molecule has 7 heteroatoms. The van der Waals surface area contributed by atoms with Gasteiger partial charge in [0.1, 0.15) is 29.2 Å². The van der Waals surface area contributed by atoms with Crippen LogP contribution in [0.1, 0.15) is 43.6 Å². The molecule has 148 valence electrons. The van der Waals surface area contributed by atoms with Gasteiger partial charge in [0, 0.05) is 11.8 Å². The molecule has 1 aliphatic heterocycles. The molecule has 0 fully saturated rings. The van der Waals surface area contributed by atoms with Crippen LogP contribution in [0.2, 0.25) is 0 Å². The van der Waals surface area contributed by atoms with Crippen LogP contribution in [-0.4, -0.2) is 20.4 Å². The maximum Gasteiger partial charge on any atom is 0.276 e. The molecule has 7 nitrogen and oxygen atoms in total. The lowest BCUT2D eigenvalue weighted by Gasteiger charge is -2.30. The van der Waals surface area contributed by atoms with E-state index in [0.29, 0.717) is 35.6 Å². The first-order chi connectivity index (χ1) is 14.1. The Balaban J connectivity index is 1.99. The van der Waals surface area contributed by atoms with Gasteiger partial charge in [0.05, 0.1) is 0 Å². The van der Waals surface area contributed by atoms with Crippen molar-refractivity contribution in [3.05, 3.63) is 71.0 Å². The molecule has 0 bridgehead atoms. The second-order valence-electron chi connectivity index (χ2n) is 7.14. The highest BCUT2D eigenvalue weighted by Gasteiger charge is 2.43. The Bertz CT molecular complexity index is 1100. The summed E-state index contributed by atoms with van der Waals surface area (Å²) in [6.45, 7) is 4.04. The zero-order valence-corrected chi connectivity index (χ0v) is 16.5. The third-order valence-corrected chi connectivity index (χ3v) is 5.37. The Labute approximate surface area is 168 Å². The first kappa shape index (κ1) is 18.9. The van der Waals surface area contributed by atoms with Crippen LogP contribution in [0.5, 0.6) is 0 Å². The first-order valence-electron chi connectivity index (χ1n) is 9.81. The number of nitrogens with zero attached hydrogens (tertiary/aromatic N) is 3. The van der Waals surface area contributed by atoms with Crippen molar-refractivity contribution >= 4 is 17.4 Å². The summed E-state index contributed by atoms with van der Waals surface area (Å²) in [5.41, 5.74) is 1.39. The number of nitrogens with one attached hydrogen (secondary N) is 2. The molecular weight excluding hydrogens is 366 g/mol. The molecule has 3 heterocycles. The molecule has 0 radical (unpaired) electrons. The van der Waals surface area contributed by atoms with Gasteiger partial charge in [-0.1, -0.05) is 50.6 Å². The average Bonchev–Trinajstić information content (AvgIpc) is 3.05. The fourth-order valence-corrected chi connectivity index (χ4v) is 4.02. The van der Waals surface area contributed by atoms with Crippen LogP contribution in [0, 0.1) is 0 Å². The number of rotatable bonds is 6. The number of amides is 1. The Hall–Kier alpha value is -3.48. The van der Waals surface area contributed by atoms with Crippen molar-refractivity contribution in [2.45, 2.75) is 38.8 Å². The molecule has 1 atom stereocenters. The number of aromatic nitrogens is 3. The maximum absolute atomic E-state index is 13.5. The number of fused-ring (bicyclic) bond motifs is 1. The van der Waals surface area contributed by atoms with Crippen LogP contribution in [-0.2, 0) is 5.66 Å². The summed E-state index contributed by atoms with van der Waals surface area (Å²) in [7, 11) is 0. The molecule has 0 saturated heterocycles. The summed E-state index contributed by atoms with van der Waals surface area (Å²) >= 11 is 0. The van der Waals surface area contributed by atoms with E-state index >= 15 is 0 Å². The summed E-state index contributed by atoms with van der Waals surface area (Å²) in [6.07, 6.45) is 5.16. The van der Waals surface area contributed by atoms with Crippen molar-refractivity contribution < 1.29 is 4.79 Å². The monoisotopic (exact) mass is 389 g/mol. The molecule has 1 unspecified atom stereocenters. The van der Waals surface area contributed by atoms with Crippen LogP contribution in [0.15, 0.2) is 59.8 Å². The largest absolute Gasteiger partial charge is 0.336 e. The lowest BCUT2D eigenvalue weighted by atomic mass is 9.99. The van der Waals surface area contributed by atoms with Gasteiger partial charge in [0.2, 0.25) is 0 Å². The normalized spacial score (nSPS) is 17.7. The number of hydrogen-bond acceptors (Lipinski definition) is 5. The summed E-state index contributed by atoms with van der Waals surface area (Å²) < 4.78 is 1.64. The summed E-state index contributed by atoms with van der Waals surface area (Å²) in [6, 6.07) is 13.1. The van der Waals surface area contributed by atoms with E-state index in [1.807, 2.05) is 44.2 Å². The third kappa shape index (κ3) is 3.18. The second-order valence-corrected chi connectivity index (χ2v) is 7.14. The Morgan fingerprint density at radius 1 is 1.14 bits per heavy atom. The molecule has 1 aliphatic rings. The molecule has 0 saturated carbocycles. The molecule has 1 aromatic carbocycles. The Kier molecular flexibility index (Phi) is 4.88. The summed E-state index contributed by atoms with van der Waals surface area (Å²) in [4.78, 5) is 34.6. The summed E-state index contributed by atoms with van der Waals surface area (Å²) in [5, 5.41) is 6.20. The minimum atomic E-state index is -0.731. The van der Waals surface area contributed by atoms with E-state index in [9.17, 15) is 9.59 Å². The minimum Gasteiger partial charge on any atom is -0.336 e. The summed E-state index contributed by atoms with van der Waals surface area (Å²) in [5.74, 6) is 0.302. The second kappa shape index (κ2) is 7.50. The van der Waals surface area contributed by atoms with Gasteiger partial charge < -0.3 is 10.6 Å². The molecule has 0 aliphatic carbocycles. The number of anilines is 2. The van der Waals surface area contributed by atoms with Gasteiger partial charge in [0.15, 0.2) is 0 Å². The molecule has 1 amide bonds. The van der Waals surface area contributed by atoms with Crippen molar-refractivity contribution in [3.63, 3.8) is 0 Å². The first-order valence-corrected chi connectivity index (χ1v) is 9.81. The van der Waals surface area contributed by atoms with Crippen LogP contribution in [0.4, 0.5) is 11.5 Å². The third-order valence-electron chi connectivity index (χ3n) is 5.37. The van der Waals surface area contributed by atoms with Gasteiger partial charge in [-0.2, -0.15) is 0 Å². The van der Waals surface area contributed by atoms with Crippen molar-refractivity contribution in [2.24, 2.45) is 0 Å². The van der Waals surface area contributed by atoms with Gasteiger partial charge >= 0.3 is 0 Å². The van der Waals surface area contributed by atoms with Gasteiger partial charge in [-0.05, 0) is 30.5 Å². The molecule has 2 N–H and O–H groups in total. The van der Waals surface area contributed by atoms with Gasteiger partial charge in [-0.3, -0.25) is 14.2 Å². The highest BCUT2D eigenvalue weighted by Crippen LogP contribution is 2.36. The van der Waals surface area contributed by atoms with Crippen molar-refractivity contribution in [1.82, 2.24) is 19.9 Å². The number of carbonyl (C=O) groups is 1. The highest BCUT2D eigenvalue weighted by molar-refractivity contribution is 6.02. The molecule has 3 aromatic rings. The van der Waals surface area contributed by atoms with Gasteiger partial charge in [-0.15, -0.1) is 0 Å². The van der Waals surface area contributed by atoms with Crippen LogP contribution in [0.25, 0.3) is 11.1 Å². The smallest absolute Gasteiger partial charge is 0.276 e. The molecule has 4 rings (SSSR count). The van der Waals surface area contributed by atoms with E-state index < -0.39 is 5.66 Å². The van der Waals surface area contributed by atoms with E-state index in [2.05, 4.69) is 20.6 Å².